The summed E-state index contributed by atoms with van der Waals surface area (Å²) < 4.78 is 71.6. The Hall–Kier alpha value is -2.63. The lowest BCUT2D eigenvalue weighted by atomic mass is 9.98. The summed E-state index contributed by atoms with van der Waals surface area (Å²) in [6.45, 7) is -1.15. The Bertz CT molecular complexity index is 1050. The van der Waals surface area contributed by atoms with Gasteiger partial charge in [-0.05, 0) is 59.9 Å². The molecule has 0 amide bonds. The number of aryl methyl sites for hydroxylation is 3. The number of fused-ring (bicyclic) bond motifs is 1. The minimum atomic E-state index is -3.32. The van der Waals surface area contributed by atoms with E-state index in [2.05, 4.69) is 11.7 Å². The zero-order chi connectivity index (χ0) is 23.1. The van der Waals surface area contributed by atoms with E-state index >= 15 is 0 Å². The predicted molar refractivity (Wildman–Crippen MR) is 117 cm³/mol. The molecule has 32 heavy (non-hydrogen) atoms. The first-order chi connectivity index (χ1) is 15.4. The first-order valence-corrected chi connectivity index (χ1v) is 11.0. The van der Waals surface area contributed by atoms with Gasteiger partial charge in [0.15, 0.2) is 17.4 Å². The molecule has 0 saturated carbocycles. The van der Waals surface area contributed by atoms with E-state index in [4.69, 9.17) is 0 Å². The summed E-state index contributed by atoms with van der Waals surface area (Å²) in [7, 11) is 0. The lowest BCUT2D eigenvalue weighted by molar-refractivity contribution is -0.0544. The van der Waals surface area contributed by atoms with E-state index in [-0.39, 0.29) is 16.6 Å². The van der Waals surface area contributed by atoms with Crippen LogP contribution in [0.4, 0.5) is 22.0 Å². The van der Waals surface area contributed by atoms with Crippen molar-refractivity contribution >= 4 is 10.8 Å². The van der Waals surface area contributed by atoms with Crippen molar-refractivity contribution in [1.82, 2.24) is 0 Å². The number of rotatable bonds is 11. The Labute approximate surface area is 185 Å². The van der Waals surface area contributed by atoms with Crippen LogP contribution in [0.15, 0.2) is 42.5 Å². The maximum atomic E-state index is 14.5. The summed E-state index contributed by atoms with van der Waals surface area (Å²) in [6, 6.07) is 10.9. The molecule has 6 heteroatoms. The molecule has 0 bridgehead atoms. The molecule has 0 heterocycles. The lowest BCUT2D eigenvalue weighted by Gasteiger charge is -2.11. The van der Waals surface area contributed by atoms with Crippen LogP contribution in [0.5, 0.6) is 5.75 Å². The van der Waals surface area contributed by atoms with Gasteiger partial charge in [-0.2, -0.15) is 8.78 Å². The van der Waals surface area contributed by atoms with Gasteiger partial charge in [-0.25, -0.2) is 13.2 Å². The zero-order valence-corrected chi connectivity index (χ0v) is 18.1. The number of alkyl halides is 2. The van der Waals surface area contributed by atoms with Crippen LogP contribution in [0.25, 0.3) is 10.8 Å². The Morgan fingerprint density at radius 3 is 2.19 bits per heavy atom. The Morgan fingerprint density at radius 1 is 0.750 bits per heavy atom. The van der Waals surface area contributed by atoms with Crippen molar-refractivity contribution in [3.8, 4) is 5.75 Å². The molecule has 0 aliphatic carbocycles. The van der Waals surface area contributed by atoms with Crippen LogP contribution < -0.4 is 4.74 Å². The van der Waals surface area contributed by atoms with Gasteiger partial charge in [0.2, 0.25) is 0 Å². The van der Waals surface area contributed by atoms with Crippen LogP contribution in [0.2, 0.25) is 0 Å². The van der Waals surface area contributed by atoms with Crippen LogP contribution in [0.3, 0.4) is 0 Å². The summed E-state index contributed by atoms with van der Waals surface area (Å²) in [5.74, 6) is -3.69. The molecule has 0 unspecified atom stereocenters. The fourth-order valence-electron chi connectivity index (χ4n) is 3.87. The summed E-state index contributed by atoms with van der Waals surface area (Å²) >= 11 is 0. The first kappa shape index (κ1) is 24.0. The van der Waals surface area contributed by atoms with Crippen LogP contribution in [0.1, 0.15) is 55.7 Å². The fourth-order valence-corrected chi connectivity index (χ4v) is 3.87. The molecule has 0 aromatic heterocycles. The standard InChI is InChI=1S/C26H27F5O/c1-2-3-4-5-6-7-17-8-11-19(22(27)15-17)12-9-18-10-13-21-20(14-18)16-23(28)25(24(21)29)32-26(30)31/h8,10-11,13-16,26H,2-7,9,12H2,1H3. The topological polar surface area (TPSA) is 9.23 Å². The number of ether oxygens (including phenoxy) is 1. The molecule has 0 N–H and O–H groups in total. The Morgan fingerprint density at radius 2 is 1.47 bits per heavy atom. The number of hydrogen-bond donors (Lipinski definition) is 0. The van der Waals surface area contributed by atoms with E-state index in [1.54, 1.807) is 24.3 Å². The number of benzene rings is 3. The molecular formula is C26H27F5O. The largest absolute Gasteiger partial charge is 0.429 e. The van der Waals surface area contributed by atoms with Gasteiger partial charge in [-0.3, -0.25) is 0 Å². The summed E-state index contributed by atoms with van der Waals surface area (Å²) in [5.41, 5.74) is 2.33. The third-order valence-corrected chi connectivity index (χ3v) is 5.63. The van der Waals surface area contributed by atoms with Crippen molar-refractivity contribution in [3.05, 3.63) is 76.6 Å². The number of hydrogen-bond acceptors (Lipinski definition) is 1. The van der Waals surface area contributed by atoms with Gasteiger partial charge in [0.1, 0.15) is 5.82 Å². The molecule has 0 fully saturated rings. The second kappa shape index (κ2) is 11.3. The molecule has 0 aliphatic heterocycles. The Balaban J connectivity index is 1.65. The van der Waals surface area contributed by atoms with E-state index < -0.39 is 24.0 Å². The first-order valence-electron chi connectivity index (χ1n) is 11.0. The molecular weight excluding hydrogens is 423 g/mol. The van der Waals surface area contributed by atoms with Crippen molar-refractivity contribution in [2.24, 2.45) is 0 Å². The third kappa shape index (κ3) is 6.21. The molecule has 0 aliphatic rings. The molecule has 3 rings (SSSR count). The van der Waals surface area contributed by atoms with Gasteiger partial charge < -0.3 is 4.74 Å². The van der Waals surface area contributed by atoms with Crippen molar-refractivity contribution < 1.29 is 26.7 Å². The zero-order valence-electron chi connectivity index (χ0n) is 18.1. The molecule has 3 aromatic rings. The minimum absolute atomic E-state index is 0.0136. The molecule has 0 radical (unpaired) electrons. The third-order valence-electron chi connectivity index (χ3n) is 5.63. The van der Waals surface area contributed by atoms with Crippen LogP contribution in [-0.4, -0.2) is 6.61 Å². The predicted octanol–water partition coefficient (Wildman–Crippen LogP) is 8.16. The highest BCUT2D eigenvalue weighted by Gasteiger charge is 2.19. The highest BCUT2D eigenvalue weighted by Crippen LogP contribution is 2.31. The second-order valence-corrected chi connectivity index (χ2v) is 8.03. The Kier molecular flexibility index (Phi) is 8.48. The van der Waals surface area contributed by atoms with Gasteiger partial charge in [-0.15, -0.1) is 0 Å². The maximum Gasteiger partial charge on any atom is 0.387 e. The van der Waals surface area contributed by atoms with Crippen molar-refractivity contribution in [2.45, 2.75) is 64.9 Å². The van der Waals surface area contributed by atoms with Crippen molar-refractivity contribution in [1.29, 1.82) is 0 Å². The second-order valence-electron chi connectivity index (χ2n) is 8.03. The van der Waals surface area contributed by atoms with Gasteiger partial charge in [0, 0.05) is 5.39 Å². The van der Waals surface area contributed by atoms with Gasteiger partial charge in [-0.1, -0.05) is 62.9 Å². The van der Waals surface area contributed by atoms with E-state index in [0.717, 1.165) is 36.5 Å². The highest BCUT2D eigenvalue weighted by atomic mass is 19.3. The summed E-state index contributed by atoms with van der Waals surface area (Å²) in [5, 5.41) is 0.221. The van der Waals surface area contributed by atoms with Crippen LogP contribution >= 0.6 is 0 Å². The molecule has 0 atom stereocenters. The van der Waals surface area contributed by atoms with E-state index in [1.165, 1.54) is 25.3 Å². The summed E-state index contributed by atoms with van der Waals surface area (Å²) in [4.78, 5) is 0. The van der Waals surface area contributed by atoms with Crippen molar-refractivity contribution in [3.63, 3.8) is 0 Å². The quantitative estimate of drug-likeness (QED) is 0.212. The highest BCUT2D eigenvalue weighted by molar-refractivity contribution is 5.85. The normalized spacial score (nSPS) is 11.5. The lowest BCUT2D eigenvalue weighted by Crippen LogP contribution is -2.06. The summed E-state index contributed by atoms with van der Waals surface area (Å²) in [6.07, 6.45) is 7.60. The molecule has 1 nitrogen and oxygen atoms in total. The minimum Gasteiger partial charge on any atom is -0.429 e. The van der Waals surface area contributed by atoms with Gasteiger partial charge >= 0.3 is 6.61 Å². The monoisotopic (exact) mass is 450 g/mol. The van der Waals surface area contributed by atoms with Crippen LogP contribution in [0, 0.1) is 17.5 Å². The van der Waals surface area contributed by atoms with E-state index in [9.17, 15) is 22.0 Å². The molecule has 3 aromatic carbocycles. The SMILES string of the molecule is CCCCCCCc1ccc(CCc2ccc3c(F)c(OC(F)F)c(F)cc3c2)c(F)c1. The molecule has 0 saturated heterocycles. The smallest absolute Gasteiger partial charge is 0.387 e. The van der Waals surface area contributed by atoms with E-state index in [0.29, 0.717) is 18.4 Å². The van der Waals surface area contributed by atoms with E-state index in [1.807, 2.05) is 6.07 Å². The molecule has 172 valence electrons. The maximum absolute atomic E-state index is 14.5. The van der Waals surface area contributed by atoms with Gasteiger partial charge in [0.05, 0.1) is 0 Å². The van der Waals surface area contributed by atoms with Crippen LogP contribution in [-0.2, 0) is 19.3 Å². The molecule has 0 spiro atoms. The average Bonchev–Trinajstić information content (AvgIpc) is 2.75. The van der Waals surface area contributed by atoms with Crippen molar-refractivity contribution in [2.75, 3.05) is 0 Å². The number of halogens is 5. The van der Waals surface area contributed by atoms with Gasteiger partial charge in [0.25, 0.3) is 0 Å². The average molecular weight is 450 g/mol. The number of unbranched alkanes of at least 4 members (excludes halogenated alkanes) is 4. The fraction of sp³-hybridized carbons (Fsp3) is 0.385.